The number of carbonyl (C=O) groups is 1. The van der Waals surface area contributed by atoms with Crippen LogP contribution in [0, 0.1) is 20.9 Å². The van der Waals surface area contributed by atoms with Crippen molar-refractivity contribution in [3.8, 4) is 0 Å². The van der Waals surface area contributed by atoms with E-state index in [0.717, 1.165) is 12.1 Å². The van der Waals surface area contributed by atoms with Crippen LogP contribution < -0.4 is 4.72 Å². The summed E-state index contributed by atoms with van der Waals surface area (Å²) >= 11 is 0. The average Bonchev–Trinajstić information content (AvgIpc) is 2.74. The third-order valence-electron chi connectivity index (χ3n) is 5.45. The first-order valence-electron chi connectivity index (χ1n) is 11.0. The molecule has 0 atom stereocenters. The lowest BCUT2D eigenvalue weighted by Gasteiger charge is -2.31. The summed E-state index contributed by atoms with van der Waals surface area (Å²) in [6.07, 6.45) is 3.50. The monoisotopic (exact) mass is 495 g/mol. The van der Waals surface area contributed by atoms with Crippen LogP contribution in [0.4, 0.5) is 17.1 Å². The summed E-state index contributed by atoms with van der Waals surface area (Å²) in [6.45, 7) is 11.8. The lowest BCUT2D eigenvalue weighted by atomic mass is 9.72. The normalized spacial score (nSPS) is 14.8. The molecule has 2 aromatic carbocycles. The third-order valence-corrected chi connectivity index (χ3v) is 6.83. The standard InChI is InChI=1S/C26H29N3O5S/c1-25(2,3)20-15-17(16-21(24(20)30)26(4,5)6)27-22-9-7-8-10-23(22)28-35(33,34)19-13-11-18(12-14-19)29(31)32/h7-16,28H,1-6H3. The average molecular weight is 496 g/mol. The molecule has 1 aliphatic carbocycles. The fraction of sp³-hybridized carbons (Fsp3) is 0.308. The summed E-state index contributed by atoms with van der Waals surface area (Å²) in [5.41, 5.74) is 1.41. The van der Waals surface area contributed by atoms with E-state index in [-0.39, 0.29) is 22.1 Å². The van der Waals surface area contributed by atoms with Gasteiger partial charge in [-0.3, -0.25) is 19.6 Å². The molecule has 9 heteroatoms. The van der Waals surface area contributed by atoms with Crippen LogP contribution in [0.25, 0.3) is 0 Å². The fourth-order valence-electron chi connectivity index (χ4n) is 3.54. The molecule has 0 aromatic heterocycles. The molecule has 0 fully saturated rings. The Labute approximate surface area is 205 Å². The van der Waals surface area contributed by atoms with Crippen molar-refractivity contribution in [1.29, 1.82) is 0 Å². The van der Waals surface area contributed by atoms with E-state index in [1.54, 1.807) is 36.4 Å². The summed E-state index contributed by atoms with van der Waals surface area (Å²) in [7, 11) is -4.02. The molecule has 8 nitrogen and oxygen atoms in total. The molecule has 0 heterocycles. The van der Waals surface area contributed by atoms with E-state index in [9.17, 15) is 23.3 Å². The van der Waals surface area contributed by atoms with Crippen molar-refractivity contribution in [3.63, 3.8) is 0 Å². The number of nitrogens with zero attached hydrogens (tertiary/aromatic N) is 2. The quantitative estimate of drug-likeness (QED) is 0.310. The van der Waals surface area contributed by atoms with E-state index >= 15 is 0 Å². The van der Waals surface area contributed by atoms with Gasteiger partial charge in [0.1, 0.15) is 0 Å². The molecule has 0 bridgehead atoms. The highest BCUT2D eigenvalue weighted by atomic mass is 32.2. The first-order chi connectivity index (χ1) is 16.1. The Morgan fingerprint density at radius 2 is 1.37 bits per heavy atom. The molecule has 3 rings (SSSR count). The number of aliphatic imine (C=N–C) groups is 1. The number of allylic oxidation sites excluding steroid dienone is 4. The zero-order valence-electron chi connectivity index (χ0n) is 20.6. The first-order valence-corrected chi connectivity index (χ1v) is 12.5. The summed E-state index contributed by atoms with van der Waals surface area (Å²) in [4.78, 5) is 28.0. The van der Waals surface area contributed by atoms with Gasteiger partial charge in [0.2, 0.25) is 0 Å². The number of anilines is 1. The number of carbonyl (C=O) groups excluding carboxylic acids is 1. The number of nitro benzene ring substituents is 1. The highest BCUT2D eigenvalue weighted by Gasteiger charge is 2.34. The number of nitrogens with one attached hydrogen (secondary N) is 1. The van der Waals surface area contributed by atoms with Gasteiger partial charge in [-0.15, -0.1) is 0 Å². The number of sulfonamides is 1. The van der Waals surface area contributed by atoms with Gasteiger partial charge >= 0.3 is 0 Å². The maximum absolute atomic E-state index is 13.2. The van der Waals surface area contributed by atoms with Gasteiger partial charge in [0.25, 0.3) is 15.7 Å². The minimum atomic E-state index is -4.02. The van der Waals surface area contributed by atoms with Crippen molar-refractivity contribution in [2.24, 2.45) is 15.8 Å². The van der Waals surface area contributed by atoms with Gasteiger partial charge in [-0.25, -0.2) is 13.4 Å². The number of Topliss-reactive ketones (excluding diaryl/α,β-unsaturated/α-hetero) is 1. The predicted octanol–water partition coefficient (Wildman–Crippen LogP) is 6.00. The van der Waals surface area contributed by atoms with Crippen molar-refractivity contribution >= 4 is 38.6 Å². The molecule has 0 saturated carbocycles. The van der Waals surface area contributed by atoms with Gasteiger partial charge in [0, 0.05) is 23.3 Å². The van der Waals surface area contributed by atoms with Crippen molar-refractivity contribution in [3.05, 3.63) is 81.9 Å². The molecular formula is C26H29N3O5S. The number of benzene rings is 2. The Balaban J connectivity index is 2.05. The van der Waals surface area contributed by atoms with Crippen LogP contribution in [0.1, 0.15) is 41.5 Å². The van der Waals surface area contributed by atoms with Crippen LogP contribution in [0.2, 0.25) is 0 Å². The number of nitro groups is 1. The highest BCUT2D eigenvalue weighted by Crippen LogP contribution is 2.38. The number of para-hydroxylation sites is 2. The second kappa shape index (κ2) is 9.22. The van der Waals surface area contributed by atoms with Crippen molar-refractivity contribution in [1.82, 2.24) is 0 Å². The van der Waals surface area contributed by atoms with Gasteiger partial charge < -0.3 is 0 Å². The van der Waals surface area contributed by atoms with E-state index < -0.39 is 25.8 Å². The molecular weight excluding hydrogens is 466 g/mol. The molecule has 0 unspecified atom stereocenters. The molecule has 1 aliphatic rings. The molecule has 0 amide bonds. The maximum Gasteiger partial charge on any atom is 0.269 e. The second-order valence-corrected chi connectivity index (χ2v) is 12.0. The lowest BCUT2D eigenvalue weighted by molar-refractivity contribution is -0.384. The van der Waals surface area contributed by atoms with E-state index in [0.29, 0.717) is 22.5 Å². The Morgan fingerprint density at radius 1 is 0.857 bits per heavy atom. The summed E-state index contributed by atoms with van der Waals surface area (Å²) in [6, 6.07) is 11.3. The molecule has 2 aromatic rings. The molecule has 0 spiro atoms. The minimum Gasteiger partial charge on any atom is -0.289 e. The summed E-state index contributed by atoms with van der Waals surface area (Å²) in [5, 5.41) is 10.9. The maximum atomic E-state index is 13.2. The van der Waals surface area contributed by atoms with Gasteiger partial charge in [0.15, 0.2) is 5.78 Å². The molecule has 0 aliphatic heterocycles. The SMILES string of the molecule is CC(C)(C)C1=CC(=Nc2ccccc2NS(=O)(=O)c2ccc([N+](=O)[O-])cc2)C=C(C(C)(C)C)C1=O. The zero-order valence-corrected chi connectivity index (χ0v) is 21.4. The summed E-state index contributed by atoms with van der Waals surface area (Å²) < 4.78 is 28.4. The Kier molecular flexibility index (Phi) is 6.86. The molecule has 1 N–H and O–H groups in total. The number of rotatable bonds is 5. The largest absolute Gasteiger partial charge is 0.289 e. The van der Waals surface area contributed by atoms with E-state index in [2.05, 4.69) is 4.72 Å². The van der Waals surface area contributed by atoms with Crippen LogP contribution in [0.5, 0.6) is 0 Å². The molecule has 184 valence electrons. The number of non-ortho nitro benzene ring substituents is 1. The van der Waals surface area contributed by atoms with Gasteiger partial charge in [-0.1, -0.05) is 53.7 Å². The van der Waals surface area contributed by atoms with Crippen molar-refractivity contribution in [2.75, 3.05) is 4.72 Å². The van der Waals surface area contributed by atoms with E-state index in [1.807, 2.05) is 41.5 Å². The van der Waals surface area contributed by atoms with Gasteiger partial charge in [0.05, 0.1) is 26.9 Å². The summed E-state index contributed by atoms with van der Waals surface area (Å²) in [5.74, 6) is -0.0175. The van der Waals surface area contributed by atoms with Crippen LogP contribution in [-0.2, 0) is 14.8 Å². The Bertz CT molecular complexity index is 1340. The molecule has 0 radical (unpaired) electrons. The Morgan fingerprint density at radius 3 is 1.86 bits per heavy atom. The van der Waals surface area contributed by atoms with E-state index in [4.69, 9.17) is 4.99 Å². The van der Waals surface area contributed by atoms with Crippen LogP contribution in [0.3, 0.4) is 0 Å². The lowest BCUT2D eigenvalue weighted by Crippen LogP contribution is -2.29. The molecule has 35 heavy (non-hydrogen) atoms. The van der Waals surface area contributed by atoms with Crippen LogP contribution in [-0.4, -0.2) is 24.8 Å². The zero-order chi connectivity index (χ0) is 26.2. The van der Waals surface area contributed by atoms with Gasteiger partial charge in [-0.05, 0) is 47.2 Å². The Hall–Kier alpha value is -3.59. The fourth-order valence-corrected chi connectivity index (χ4v) is 4.61. The highest BCUT2D eigenvalue weighted by molar-refractivity contribution is 7.92. The molecule has 0 saturated heterocycles. The smallest absolute Gasteiger partial charge is 0.269 e. The van der Waals surface area contributed by atoms with Crippen LogP contribution in [0.15, 0.2) is 81.7 Å². The van der Waals surface area contributed by atoms with Crippen molar-refractivity contribution < 1.29 is 18.1 Å². The van der Waals surface area contributed by atoms with Gasteiger partial charge in [-0.2, -0.15) is 0 Å². The third kappa shape index (κ3) is 5.92. The minimum absolute atomic E-state index is 0.0175. The number of hydrogen-bond acceptors (Lipinski definition) is 6. The predicted molar refractivity (Wildman–Crippen MR) is 138 cm³/mol. The van der Waals surface area contributed by atoms with Crippen LogP contribution >= 0.6 is 0 Å². The first kappa shape index (κ1) is 26.0. The number of ketones is 1. The van der Waals surface area contributed by atoms with Crippen molar-refractivity contribution in [2.45, 2.75) is 46.4 Å². The number of hydrogen-bond donors (Lipinski definition) is 1. The topological polar surface area (TPSA) is 119 Å². The van der Waals surface area contributed by atoms with E-state index in [1.165, 1.54) is 12.1 Å². The second-order valence-electron chi connectivity index (χ2n) is 10.4.